The highest BCUT2D eigenvalue weighted by molar-refractivity contribution is 9.10. The van der Waals surface area contributed by atoms with Gasteiger partial charge in [0, 0.05) is 57.8 Å². The van der Waals surface area contributed by atoms with E-state index >= 15 is 0 Å². The smallest absolute Gasteiger partial charge is 0.340 e. The van der Waals surface area contributed by atoms with Gasteiger partial charge in [-0.15, -0.1) is 0 Å². The van der Waals surface area contributed by atoms with Gasteiger partial charge in [0.25, 0.3) is 0 Å². The van der Waals surface area contributed by atoms with Crippen LogP contribution in [0.4, 0.5) is 0 Å². The molecule has 1 aliphatic heterocycles. The highest BCUT2D eigenvalue weighted by Crippen LogP contribution is 2.36. The Hall–Kier alpha value is -2.41. The van der Waals surface area contributed by atoms with E-state index in [4.69, 9.17) is 14.7 Å². The molecule has 0 spiro atoms. The third-order valence-corrected chi connectivity index (χ3v) is 5.86. The first-order valence-corrected chi connectivity index (χ1v) is 10.6. The zero-order chi connectivity index (χ0) is 21.8. The molecule has 1 aromatic heterocycles. The fourth-order valence-corrected chi connectivity index (χ4v) is 4.17. The lowest BCUT2D eigenvalue weighted by atomic mass is 10.1. The number of esters is 2. The molecule has 1 aliphatic rings. The van der Waals surface area contributed by atoms with Crippen molar-refractivity contribution in [2.75, 3.05) is 39.3 Å². The molecular formula is C21H25BrN4O4. The van der Waals surface area contributed by atoms with Crippen LogP contribution in [0.25, 0.3) is 10.9 Å². The van der Waals surface area contributed by atoms with E-state index in [9.17, 15) is 9.59 Å². The van der Waals surface area contributed by atoms with Gasteiger partial charge in [-0.3, -0.25) is 14.6 Å². The number of piperazine rings is 1. The minimum Gasteiger partial charge on any atom is -0.462 e. The molecule has 0 bridgehead atoms. The predicted molar refractivity (Wildman–Crippen MR) is 115 cm³/mol. The summed E-state index contributed by atoms with van der Waals surface area (Å²) >= 11 is 3.45. The summed E-state index contributed by atoms with van der Waals surface area (Å²) in [7, 11) is 1.92. The van der Waals surface area contributed by atoms with E-state index in [1.54, 1.807) is 13.0 Å². The van der Waals surface area contributed by atoms with Gasteiger partial charge in [0.05, 0.1) is 34.8 Å². The first-order valence-electron chi connectivity index (χ1n) is 9.83. The molecule has 1 fully saturated rings. The summed E-state index contributed by atoms with van der Waals surface area (Å²) in [5.41, 5.74) is 2.19. The molecule has 0 unspecified atom stereocenters. The van der Waals surface area contributed by atoms with Crippen molar-refractivity contribution in [1.82, 2.24) is 14.4 Å². The van der Waals surface area contributed by atoms with E-state index in [-0.39, 0.29) is 6.61 Å². The first kappa shape index (κ1) is 22.3. The summed E-state index contributed by atoms with van der Waals surface area (Å²) < 4.78 is 13.3. The van der Waals surface area contributed by atoms with E-state index < -0.39 is 11.9 Å². The van der Waals surface area contributed by atoms with Crippen LogP contribution in [0.15, 0.2) is 16.6 Å². The second-order valence-electron chi connectivity index (χ2n) is 7.21. The zero-order valence-corrected chi connectivity index (χ0v) is 19.0. The molecule has 0 aliphatic carbocycles. The normalized spacial score (nSPS) is 15.2. The standard InChI is InChI=1S/C21H25BrN4O4/c1-4-29-21(28)20-15-11-19(30-14(2)27)16(22)12-17(15)24(3)18(20)13-26-9-7-25(6-5-23)8-10-26/h11-12H,4,6-10,13H2,1-3H3. The Bertz CT molecular complexity index is 1000. The number of rotatable bonds is 6. The first-order chi connectivity index (χ1) is 14.3. The molecule has 0 saturated carbocycles. The van der Waals surface area contributed by atoms with Gasteiger partial charge in [-0.05, 0) is 35.0 Å². The summed E-state index contributed by atoms with van der Waals surface area (Å²) in [6, 6.07) is 5.75. The highest BCUT2D eigenvalue weighted by Gasteiger charge is 2.26. The van der Waals surface area contributed by atoms with Gasteiger partial charge in [-0.25, -0.2) is 4.79 Å². The number of carbonyl (C=O) groups excluding carboxylic acids is 2. The van der Waals surface area contributed by atoms with Crippen LogP contribution in [-0.4, -0.2) is 65.6 Å². The number of fused-ring (bicyclic) bond motifs is 1. The third-order valence-electron chi connectivity index (χ3n) is 5.24. The fraction of sp³-hybridized carbons (Fsp3) is 0.476. The van der Waals surface area contributed by atoms with Crippen LogP contribution in [-0.2, 0) is 23.1 Å². The van der Waals surface area contributed by atoms with Crippen LogP contribution in [0.3, 0.4) is 0 Å². The quantitative estimate of drug-likeness (QED) is 0.359. The number of nitriles is 1. The van der Waals surface area contributed by atoms with Gasteiger partial charge in [0.2, 0.25) is 0 Å². The summed E-state index contributed by atoms with van der Waals surface area (Å²) in [5.74, 6) is -0.459. The van der Waals surface area contributed by atoms with Crippen LogP contribution in [0.2, 0.25) is 0 Å². The number of carbonyl (C=O) groups is 2. The lowest BCUT2D eigenvalue weighted by Crippen LogP contribution is -2.46. The molecule has 30 heavy (non-hydrogen) atoms. The Morgan fingerprint density at radius 2 is 1.87 bits per heavy atom. The number of ether oxygens (including phenoxy) is 2. The van der Waals surface area contributed by atoms with E-state index in [1.165, 1.54) is 6.92 Å². The minimum absolute atomic E-state index is 0.273. The van der Waals surface area contributed by atoms with E-state index in [2.05, 4.69) is 31.8 Å². The minimum atomic E-state index is -0.431. The maximum atomic E-state index is 12.9. The number of benzene rings is 1. The molecular weight excluding hydrogens is 452 g/mol. The SMILES string of the molecule is CCOC(=O)c1c(CN2CCN(CC#N)CC2)n(C)c2cc(Br)c(OC(C)=O)cc12. The van der Waals surface area contributed by atoms with Crippen LogP contribution in [0.1, 0.15) is 29.9 Å². The Kier molecular flexibility index (Phi) is 7.13. The molecule has 0 atom stereocenters. The van der Waals surface area contributed by atoms with Crippen molar-refractivity contribution in [3.8, 4) is 11.8 Å². The molecule has 2 aromatic rings. The number of halogens is 1. The zero-order valence-electron chi connectivity index (χ0n) is 17.4. The number of hydrogen-bond acceptors (Lipinski definition) is 7. The highest BCUT2D eigenvalue weighted by atomic mass is 79.9. The Morgan fingerprint density at radius 3 is 2.47 bits per heavy atom. The van der Waals surface area contributed by atoms with Gasteiger partial charge in [0.1, 0.15) is 5.75 Å². The lowest BCUT2D eigenvalue weighted by molar-refractivity contribution is -0.131. The molecule has 160 valence electrons. The van der Waals surface area contributed by atoms with Gasteiger partial charge in [-0.1, -0.05) is 0 Å². The van der Waals surface area contributed by atoms with Gasteiger partial charge in [-0.2, -0.15) is 5.26 Å². The maximum Gasteiger partial charge on any atom is 0.340 e. The van der Waals surface area contributed by atoms with E-state index in [0.29, 0.717) is 34.3 Å². The topological polar surface area (TPSA) is 87.8 Å². The Balaban J connectivity index is 2.01. The third kappa shape index (κ3) is 4.67. The fourth-order valence-electron chi connectivity index (χ4n) is 3.76. The molecule has 1 saturated heterocycles. The monoisotopic (exact) mass is 476 g/mol. The summed E-state index contributed by atoms with van der Waals surface area (Å²) in [5, 5.41) is 9.58. The molecule has 0 N–H and O–H groups in total. The molecule has 0 radical (unpaired) electrons. The van der Waals surface area contributed by atoms with Crippen molar-refractivity contribution in [2.45, 2.75) is 20.4 Å². The van der Waals surface area contributed by atoms with Gasteiger partial charge < -0.3 is 14.0 Å². The van der Waals surface area contributed by atoms with Crippen LogP contribution in [0, 0.1) is 11.3 Å². The summed E-state index contributed by atoms with van der Waals surface area (Å²) in [6.45, 7) is 7.66. The van der Waals surface area contributed by atoms with E-state index in [1.807, 2.05) is 17.7 Å². The Morgan fingerprint density at radius 1 is 1.20 bits per heavy atom. The van der Waals surface area contributed by atoms with Crippen molar-refractivity contribution < 1.29 is 19.1 Å². The van der Waals surface area contributed by atoms with Crippen LogP contribution in [0.5, 0.6) is 5.75 Å². The molecule has 0 amide bonds. The Labute approximate surface area is 184 Å². The average Bonchev–Trinajstić information content (AvgIpc) is 2.95. The maximum absolute atomic E-state index is 12.9. The number of hydrogen-bond donors (Lipinski definition) is 0. The lowest BCUT2D eigenvalue weighted by Gasteiger charge is -2.33. The number of nitrogens with zero attached hydrogens (tertiary/aromatic N) is 4. The molecule has 3 rings (SSSR count). The van der Waals surface area contributed by atoms with Crippen LogP contribution >= 0.6 is 15.9 Å². The van der Waals surface area contributed by atoms with Crippen molar-refractivity contribution in [3.63, 3.8) is 0 Å². The molecule has 8 nitrogen and oxygen atoms in total. The number of aryl methyl sites for hydroxylation is 1. The largest absolute Gasteiger partial charge is 0.462 e. The van der Waals surface area contributed by atoms with Crippen molar-refractivity contribution >= 4 is 38.8 Å². The van der Waals surface area contributed by atoms with Crippen molar-refractivity contribution in [3.05, 3.63) is 27.9 Å². The average molecular weight is 477 g/mol. The van der Waals surface area contributed by atoms with Crippen molar-refractivity contribution in [2.24, 2.45) is 7.05 Å². The summed E-state index contributed by atoms with van der Waals surface area (Å²) in [6.07, 6.45) is 0. The molecule has 9 heteroatoms. The predicted octanol–water partition coefficient (Wildman–Crippen LogP) is 2.68. The molecule has 2 heterocycles. The van der Waals surface area contributed by atoms with Crippen molar-refractivity contribution in [1.29, 1.82) is 5.26 Å². The second-order valence-corrected chi connectivity index (χ2v) is 8.06. The van der Waals surface area contributed by atoms with Crippen LogP contribution < -0.4 is 4.74 Å². The molecule has 1 aromatic carbocycles. The van der Waals surface area contributed by atoms with E-state index in [0.717, 1.165) is 37.4 Å². The van der Waals surface area contributed by atoms with Gasteiger partial charge >= 0.3 is 11.9 Å². The number of aromatic nitrogens is 1. The summed E-state index contributed by atoms with van der Waals surface area (Å²) in [4.78, 5) is 28.7. The second kappa shape index (κ2) is 9.60. The van der Waals surface area contributed by atoms with Gasteiger partial charge in [0.15, 0.2) is 0 Å².